The molecule has 3 rings (SSSR count). The molecule has 0 unspecified atom stereocenters. The van der Waals surface area contributed by atoms with Crippen LogP contribution in [-0.4, -0.2) is 23.3 Å². The Bertz CT molecular complexity index is 890. The third kappa shape index (κ3) is 3.70. The van der Waals surface area contributed by atoms with Crippen LogP contribution in [-0.2, 0) is 4.74 Å². The molecule has 0 amide bonds. The van der Waals surface area contributed by atoms with Gasteiger partial charge in [-0.25, -0.2) is 4.79 Å². The Labute approximate surface area is 153 Å². The summed E-state index contributed by atoms with van der Waals surface area (Å²) in [5.74, 6) is 0.0589. The second-order valence-electron chi connectivity index (χ2n) is 5.06. The van der Waals surface area contributed by atoms with Gasteiger partial charge < -0.3 is 19.9 Å². The average molecular weight is 373 g/mol. The van der Waals surface area contributed by atoms with Crippen LogP contribution in [0.15, 0.2) is 47.2 Å². The summed E-state index contributed by atoms with van der Waals surface area (Å²) in [5, 5.41) is 10.6. The first-order valence-corrected chi connectivity index (χ1v) is 8.58. The van der Waals surface area contributed by atoms with Crippen molar-refractivity contribution in [1.82, 2.24) is 5.16 Å². The van der Waals surface area contributed by atoms with Crippen LogP contribution in [0.3, 0.4) is 0 Å². The molecule has 8 heteroatoms. The van der Waals surface area contributed by atoms with Crippen molar-refractivity contribution in [3.05, 3.63) is 53.1 Å². The number of rotatable bonds is 4. The predicted octanol–water partition coefficient (Wildman–Crippen LogP) is 4.31. The van der Waals surface area contributed by atoms with E-state index in [-0.39, 0.29) is 0 Å². The first-order chi connectivity index (χ1) is 12.1. The minimum atomic E-state index is -0.421. The number of anilines is 2. The van der Waals surface area contributed by atoms with Gasteiger partial charge in [0.25, 0.3) is 0 Å². The lowest BCUT2D eigenvalue weighted by Crippen LogP contribution is -2.20. The van der Waals surface area contributed by atoms with E-state index in [1.54, 1.807) is 6.07 Å². The summed E-state index contributed by atoms with van der Waals surface area (Å²) in [5.41, 5.74) is 2.24. The Kier molecular flexibility index (Phi) is 5.11. The molecule has 0 spiro atoms. The van der Waals surface area contributed by atoms with Crippen LogP contribution < -0.4 is 10.6 Å². The molecule has 0 atom stereocenters. The van der Waals surface area contributed by atoms with Gasteiger partial charge in [-0.15, -0.1) is 11.3 Å². The standard InChI is InChI=1S/C17H15N3O3S2/c1-10-13(11-6-4-3-5-7-11)14(16(21)22-2)15(25-10)19-17(24)18-12-8-9-23-20-12/h3-9H,1-2H3,(H2,18,19,20,24). The Hall–Kier alpha value is -2.71. The number of nitrogens with zero attached hydrogens (tertiary/aromatic N) is 1. The number of hydrogen-bond donors (Lipinski definition) is 2. The summed E-state index contributed by atoms with van der Waals surface area (Å²) in [6, 6.07) is 11.3. The van der Waals surface area contributed by atoms with Gasteiger partial charge in [-0.05, 0) is 24.7 Å². The molecule has 2 aromatic heterocycles. The molecule has 6 nitrogen and oxygen atoms in total. The third-order valence-corrected chi connectivity index (χ3v) is 4.67. The maximum atomic E-state index is 12.4. The largest absolute Gasteiger partial charge is 0.465 e. The van der Waals surface area contributed by atoms with E-state index in [1.165, 1.54) is 24.7 Å². The monoisotopic (exact) mass is 373 g/mol. The zero-order valence-corrected chi connectivity index (χ0v) is 15.2. The number of aryl methyl sites for hydroxylation is 1. The fourth-order valence-corrected chi connectivity index (χ4v) is 3.75. The number of carbonyl (C=O) groups excluding carboxylic acids is 1. The van der Waals surface area contributed by atoms with E-state index in [2.05, 4.69) is 15.8 Å². The van der Waals surface area contributed by atoms with E-state index in [0.717, 1.165) is 16.0 Å². The highest BCUT2D eigenvalue weighted by Crippen LogP contribution is 2.40. The average Bonchev–Trinajstić information content (AvgIpc) is 3.22. The van der Waals surface area contributed by atoms with Crippen LogP contribution in [0.25, 0.3) is 11.1 Å². The first-order valence-electron chi connectivity index (χ1n) is 7.35. The zero-order chi connectivity index (χ0) is 17.8. The molecule has 25 heavy (non-hydrogen) atoms. The van der Waals surface area contributed by atoms with E-state index in [4.69, 9.17) is 21.5 Å². The highest BCUT2D eigenvalue weighted by atomic mass is 32.1. The molecule has 2 N–H and O–H groups in total. The van der Waals surface area contributed by atoms with E-state index in [9.17, 15) is 4.79 Å². The van der Waals surface area contributed by atoms with Crippen molar-refractivity contribution in [3.8, 4) is 11.1 Å². The molecule has 0 bridgehead atoms. The van der Waals surface area contributed by atoms with E-state index in [1.807, 2.05) is 37.3 Å². The van der Waals surface area contributed by atoms with Crippen molar-refractivity contribution in [1.29, 1.82) is 0 Å². The van der Waals surface area contributed by atoms with Crippen molar-refractivity contribution in [2.45, 2.75) is 6.92 Å². The molecule has 0 saturated carbocycles. The Morgan fingerprint density at radius 1 is 1.24 bits per heavy atom. The molecule has 3 aromatic rings. The van der Waals surface area contributed by atoms with Crippen molar-refractivity contribution in [3.63, 3.8) is 0 Å². The van der Waals surface area contributed by atoms with E-state index >= 15 is 0 Å². The van der Waals surface area contributed by atoms with Crippen LogP contribution in [0.5, 0.6) is 0 Å². The van der Waals surface area contributed by atoms with Crippen LogP contribution in [0.2, 0.25) is 0 Å². The molecule has 0 saturated heterocycles. The van der Waals surface area contributed by atoms with Crippen LogP contribution >= 0.6 is 23.6 Å². The van der Waals surface area contributed by atoms with Gasteiger partial charge in [0.2, 0.25) is 0 Å². The van der Waals surface area contributed by atoms with E-state index in [0.29, 0.717) is 21.5 Å². The van der Waals surface area contributed by atoms with Gasteiger partial charge in [-0.2, -0.15) is 0 Å². The SMILES string of the molecule is COC(=O)c1c(NC(=S)Nc2ccon2)sc(C)c1-c1ccccc1. The van der Waals surface area contributed by atoms with Crippen molar-refractivity contribution in [2.75, 3.05) is 17.7 Å². The van der Waals surface area contributed by atoms with Gasteiger partial charge in [0.15, 0.2) is 10.9 Å². The third-order valence-electron chi connectivity index (χ3n) is 3.44. The molecule has 0 aliphatic carbocycles. The van der Waals surface area contributed by atoms with E-state index < -0.39 is 5.97 Å². The number of esters is 1. The number of methoxy groups -OCH3 is 1. The highest BCUT2D eigenvalue weighted by Gasteiger charge is 2.24. The summed E-state index contributed by atoms with van der Waals surface area (Å²) in [6.07, 6.45) is 1.44. The Morgan fingerprint density at radius 3 is 2.64 bits per heavy atom. The van der Waals surface area contributed by atoms with Gasteiger partial charge in [-0.1, -0.05) is 35.5 Å². The number of hydrogen-bond acceptors (Lipinski definition) is 6. The highest BCUT2D eigenvalue weighted by molar-refractivity contribution is 7.80. The summed E-state index contributed by atoms with van der Waals surface area (Å²) < 4.78 is 9.73. The molecular formula is C17H15N3O3S2. The van der Waals surface area contributed by atoms with Gasteiger partial charge in [0, 0.05) is 16.5 Å². The lowest BCUT2D eigenvalue weighted by atomic mass is 10.0. The topological polar surface area (TPSA) is 76.4 Å². The summed E-state index contributed by atoms with van der Waals surface area (Å²) in [7, 11) is 1.36. The quantitative estimate of drug-likeness (QED) is 0.521. The van der Waals surface area contributed by atoms with Gasteiger partial charge in [0.1, 0.15) is 16.8 Å². The maximum Gasteiger partial charge on any atom is 0.341 e. The number of aromatic nitrogens is 1. The minimum Gasteiger partial charge on any atom is -0.465 e. The lowest BCUT2D eigenvalue weighted by Gasteiger charge is -2.09. The van der Waals surface area contributed by atoms with Gasteiger partial charge >= 0.3 is 5.97 Å². The lowest BCUT2D eigenvalue weighted by molar-refractivity contribution is 0.0603. The first kappa shape index (κ1) is 17.1. The molecule has 0 fully saturated rings. The Morgan fingerprint density at radius 2 is 2.00 bits per heavy atom. The van der Waals surface area contributed by atoms with Gasteiger partial charge in [0.05, 0.1) is 7.11 Å². The molecule has 0 aliphatic rings. The van der Waals surface area contributed by atoms with Crippen LogP contribution in [0.4, 0.5) is 10.8 Å². The van der Waals surface area contributed by atoms with Gasteiger partial charge in [-0.3, -0.25) is 0 Å². The van der Waals surface area contributed by atoms with Crippen molar-refractivity contribution < 1.29 is 14.1 Å². The van der Waals surface area contributed by atoms with Crippen molar-refractivity contribution >= 4 is 45.5 Å². The smallest absolute Gasteiger partial charge is 0.341 e. The number of thiocarbonyl (C=S) groups is 1. The summed E-state index contributed by atoms with van der Waals surface area (Å²) in [4.78, 5) is 13.4. The summed E-state index contributed by atoms with van der Waals surface area (Å²) >= 11 is 6.72. The number of benzene rings is 1. The number of carbonyl (C=O) groups is 1. The van der Waals surface area contributed by atoms with Crippen molar-refractivity contribution in [2.24, 2.45) is 0 Å². The minimum absolute atomic E-state index is 0.305. The number of thiophene rings is 1. The molecule has 128 valence electrons. The molecule has 2 heterocycles. The predicted molar refractivity (Wildman–Crippen MR) is 102 cm³/mol. The maximum absolute atomic E-state index is 12.4. The molecule has 0 aliphatic heterocycles. The normalized spacial score (nSPS) is 10.3. The number of nitrogens with one attached hydrogen (secondary N) is 2. The molecule has 0 radical (unpaired) electrons. The molecule has 1 aromatic carbocycles. The fourth-order valence-electron chi connectivity index (χ4n) is 2.41. The second-order valence-corrected chi connectivity index (χ2v) is 6.69. The fraction of sp³-hybridized carbons (Fsp3) is 0.118. The zero-order valence-electron chi connectivity index (χ0n) is 13.5. The molecular weight excluding hydrogens is 358 g/mol. The Balaban J connectivity index is 1.96. The number of ether oxygens (including phenoxy) is 1. The second kappa shape index (κ2) is 7.45. The van der Waals surface area contributed by atoms with Crippen LogP contribution in [0, 0.1) is 6.92 Å². The summed E-state index contributed by atoms with van der Waals surface area (Å²) in [6.45, 7) is 1.96. The van der Waals surface area contributed by atoms with Crippen LogP contribution in [0.1, 0.15) is 15.2 Å².